The van der Waals surface area contributed by atoms with Crippen LogP contribution in [0.4, 0.5) is 5.69 Å². The topological polar surface area (TPSA) is 128 Å². The highest BCUT2D eigenvalue weighted by molar-refractivity contribution is 8.13. The van der Waals surface area contributed by atoms with E-state index in [-0.39, 0.29) is 30.6 Å². The van der Waals surface area contributed by atoms with Crippen LogP contribution in [0.2, 0.25) is 0 Å². The summed E-state index contributed by atoms with van der Waals surface area (Å²) in [4.78, 5) is 61.2. The molecule has 0 bridgehead atoms. The van der Waals surface area contributed by atoms with Crippen LogP contribution < -0.4 is 10.6 Å². The summed E-state index contributed by atoms with van der Waals surface area (Å²) in [6, 6.07) is 7.08. The van der Waals surface area contributed by atoms with Crippen molar-refractivity contribution < 1.29 is 33.4 Å². The molecule has 0 aliphatic carbocycles. The first-order chi connectivity index (χ1) is 22.4. The van der Waals surface area contributed by atoms with Gasteiger partial charge in [0.2, 0.25) is 5.91 Å². The molecular formula is C37H58N2O7S. The average molecular weight is 675 g/mol. The van der Waals surface area contributed by atoms with Crippen molar-refractivity contribution in [1.82, 2.24) is 5.32 Å². The van der Waals surface area contributed by atoms with Crippen molar-refractivity contribution in [2.75, 3.05) is 18.5 Å². The maximum Gasteiger partial charge on any atom is 0.303 e. The van der Waals surface area contributed by atoms with Crippen LogP contribution in [-0.4, -0.2) is 48.1 Å². The number of amides is 2. The van der Waals surface area contributed by atoms with E-state index in [9.17, 15) is 24.0 Å². The lowest BCUT2D eigenvalue weighted by Gasteiger charge is -2.31. The number of allylic oxidation sites excluding steroid dienone is 2. The normalized spacial score (nSPS) is 12.0. The summed E-state index contributed by atoms with van der Waals surface area (Å²) in [5, 5.41) is 5.53. The third-order valence-corrected chi connectivity index (χ3v) is 8.48. The van der Waals surface area contributed by atoms with Crippen LogP contribution in [0.25, 0.3) is 0 Å². The number of carbonyl (C=O) groups excluding carboxylic acids is 5. The maximum atomic E-state index is 12.7. The van der Waals surface area contributed by atoms with Gasteiger partial charge in [-0.2, -0.15) is 0 Å². The van der Waals surface area contributed by atoms with Crippen LogP contribution in [0.1, 0.15) is 131 Å². The molecule has 47 heavy (non-hydrogen) atoms. The Morgan fingerprint density at radius 3 is 1.94 bits per heavy atom. The van der Waals surface area contributed by atoms with Gasteiger partial charge in [-0.25, -0.2) is 0 Å². The van der Waals surface area contributed by atoms with Gasteiger partial charge in [-0.15, -0.1) is 0 Å². The third-order valence-electron chi connectivity index (χ3n) is 7.54. The predicted molar refractivity (Wildman–Crippen MR) is 189 cm³/mol. The molecule has 0 radical (unpaired) electrons. The van der Waals surface area contributed by atoms with Gasteiger partial charge in [0.15, 0.2) is 11.2 Å². The van der Waals surface area contributed by atoms with Crippen LogP contribution in [0.3, 0.4) is 0 Å². The molecule has 1 atom stereocenters. The van der Waals surface area contributed by atoms with Crippen molar-refractivity contribution in [3.63, 3.8) is 0 Å². The molecule has 0 spiro atoms. The zero-order valence-electron chi connectivity index (χ0n) is 29.3. The fourth-order valence-electron chi connectivity index (χ4n) is 4.84. The Balaban J connectivity index is 2.25. The van der Waals surface area contributed by atoms with Gasteiger partial charge in [0.1, 0.15) is 6.61 Å². The maximum absolute atomic E-state index is 12.7. The number of rotatable bonds is 25. The second-order valence-corrected chi connectivity index (χ2v) is 13.8. The number of hydrogen-bond acceptors (Lipinski definition) is 8. The minimum absolute atomic E-state index is 0.00610. The van der Waals surface area contributed by atoms with Crippen molar-refractivity contribution >= 4 is 46.3 Å². The van der Waals surface area contributed by atoms with Gasteiger partial charge < -0.3 is 20.1 Å². The predicted octanol–water partition coefficient (Wildman–Crippen LogP) is 8.31. The van der Waals surface area contributed by atoms with Gasteiger partial charge in [0.25, 0.3) is 5.91 Å². The van der Waals surface area contributed by atoms with Crippen LogP contribution in [0.15, 0.2) is 41.3 Å². The van der Waals surface area contributed by atoms with Gasteiger partial charge in [-0.3, -0.25) is 24.0 Å². The van der Waals surface area contributed by atoms with Gasteiger partial charge in [0, 0.05) is 49.2 Å². The van der Waals surface area contributed by atoms with Gasteiger partial charge in [-0.1, -0.05) is 96.1 Å². The minimum Gasteiger partial charge on any atom is -0.465 e. The summed E-state index contributed by atoms with van der Waals surface area (Å²) in [7, 11) is 0. The van der Waals surface area contributed by atoms with E-state index in [0.717, 1.165) is 30.6 Å². The Morgan fingerprint density at radius 2 is 1.36 bits per heavy atom. The molecule has 0 saturated carbocycles. The second kappa shape index (κ2) is 25.0. The fourth-order valence-corrected chi connectivity index (χ4v) is 5.62. The van der Waals surface area contributed by atoms with Crippen LogP contribution in [0, 0.1) is 5.41 Å². The molecule has 10 heteroatoms. The number of ether oxygens (including phenoxy) is 2. The molecule has 264 valence electrons. The summed E-state index contributed by atoms with van der Waals surface area (Å²) in [6.07, 6.45) is 19.9. The first-order valence-electron chi connectivity index (χ1n) is 17.3. The second-order valence-electron chi connectivity index (χ2n) is 12.7. The lowest BCUT2D eigenvalue weighted by Crippen LogP contribution is -2.49. The molecular weight excluding hydrogens is 616 g/mol. The van der Waals surface area contributed by atoms with E-state index in [1.54, 1.807) is 38.1 Å². The molecule has 2 N–H and O–H groups in total. The number of carbonyl (C=O) groups is 5. The Kier molecular flexibility index (Phi) is 22.2. The monoisotopic (exact) mass is 674 g/mol. The number of unbranched alkanes of at least 4 members (excludes halogenated alkanes) is 11. The lowest BCUT2D eigenvalue weighted by atomic mass is 9.86. The number of thioether (sulfide) groups is 1. The highest BCUT2D eigenvalue weighted by atomic mass is 32.2. The number of hydrogen-bond donors (Lipinski definition) is 2. The van der Waals surface area contributed by atoms with E-state index in [0.29, 0.717) is 12.1 Å². The molecule has 0 saturated heterocycles. The fraction of sp³-hybridized carbons (Fsp3) is 0.649. The zero-order valence-corrected chi connectivity index (χ0v) is 30.1. The summed E-state index contributed by atoms with van der Waals surface area (Å²) >= 11 is 1.22. The largest absolute Gasteiger partial charge is 0.465 e. The molecule has 0 heterocycles. The van der Waals surface area contributed by atoms with Crippen LogP contribution >= 0.6 is 11.8 Å². The third kappa shape index (κ3) is 21.4. The van der Waals surface area contributed by atoms with Crippen LogP contribution in [0.5, 0.6) is 0 Å². The molecule has 1 unspecified atom stereocenters. The molecule has 9 nitrogen and oxygen atoms in total. The Morgan fingerprint density at radius 1 is 0.787 bits per heavy atom. The Hall–Kier alpha value is -3.14. The van der Waals surface area contributed by atoms with Crippen LogP contribution in [-0.2, 0) is 33.4 Å². The van der Waals surface area contributed by atoms with Gasteiger partial charge >= 0.3 is 11.9 Å². The average Bonchev–Trinajstić information content (AvgIpc) is 3.01. The first kappa shape index (κ1) is 41.9. The summed E-state index contributed by atoms with van der Waals surface area (Å²) in [5.74, 6) is -2.05. The molecule has 0 fully saturated rings. The van der Waals surface area contributed by atoms with Crippen molar-refractivity contribution in [2.45, 2.75) is 142 Å². The summed E-state index contributed by atoms with van der Waals surface area (Å²) < 4.78 is 10.2. The molecule has 1 aromatic rings. The van der Waals surface area contributed by atoms with E-state index < -0.39 is 29.4 Å². The smallest absolute Gasteiger partial charge is 0.303 e. The lowest BCUT2D eigenvalue weighted by molar-refractivity contribution is -0.166. The minimum atomic E-state index is -1.20. The van der Waals surface area contributed by atoms with Crippen molar-refractivity contribution in [3.05, 3.63) is 36.4 Å². The molecule has 1 rings (SSSR count). The van der Waals surface area contributed by atoms with E-state index in [4.69, 9.17) is 9.47 Å². The van der Waals surface area contributed by atoms with Gasteiger partial charge in [-0.05, 0) is 56.4 Å². The Bertz CT molecular complexity index is 1120. The zero-order chi connectivity index (χ0) is 34.9. The van der Waals surface area contributed by atoms with E-state index in [1.807, 2.05) is 0 Å². The number of benzene rings is 1. The standard InChI is InChI=1S/C37H58N2O7S/c1-6-7-8-9-10-11-12-13-14-15-16-17-18-19-20-21-34(43)47-32-24-22-31(23-25-32)39-33(42)26-27-38-36(44)35(46-30(3)41)37(4,5)28-45-29(2)40/h13-14,22-25,35H,6-12,15-21,26-28H2,1-5H3,(H,38,44)(H,39,42)/b14-13-. The van der Waals surface area contributed by atoms with Gasteiger partial charge in [0.05, 0.1) is 0 Å². The van der Waals surface area contributed by atoms with E-state index in [1.165, 1.54) is 83.4 Å². The van der Waals surface area contributed by atoms with Crippen molar-refractivity contribution in [3.8, 4) is 0 Å². The molecule has 0 aliphatic heterocycles. The summed E-state index contributed by atoms with van der Waals surface area (Å²) in [6.45, 7) is 7.88. The van der Waals surface area contributed by atoms with Crippen molar-refractivity contribution in [1.29, 1.82) is 0 Å². The Labute approximate surface area is 286 Å². The van der Waals surface area contributed by atoms with E-state index in [2.05, 4.69) is 29.7 Å². The summed E-state index contributed by atoms with van der Waals surface area (Å²) in [5.41, 5.74) is -0.398. The SMILES string of the molecule is CCCCCCCC/C=C\CCCCCCCC(=O)Sc1ccc(NC(=O)CCNC(=O)C(OC(C)=O)C(C)(C)COC(C)=O)cc1. The molecule has 2 amide bonds. The number of esters is 2. The molecule has 0 aromatic heterocycles. The van der Waals surface area contributed by atoms with Crippen molar-refractivity contribution in [2.24, 2.45) is 5.41 Å². The highest BCUT2D eigenvalue weighted by Crippen LogP contribution is 2.25. The number of nitrogens with one attached hydrogen (secondary N) is 2. The molecule has 1 aromatic carbocycles. The number of anilines is 1. The highest BCUT2D eigenvalue weighted by Gasteiger charge is 2.39. The first-order valence-corrected chi connectivity index (χ1v) is 18.1. The molecule has 0 aliphatic rings. The van der Waals surface area contributed by atoms with E-state index >= 15 is 0 Å². The quantitative estimate of drug-likeness (QED) is 0.0459.